The molecular formula is C19H30IN5O2. The molecule has 0 saturated heterocycles. The van der Waals surface area contributed by atoms with Gasteiger partial charge in [0.1, 0.15) is 11.4 Å². The Morgan fingerprint density at radius 2 is 1.96 bits per heavy atom. The van der Waals surface area contributed by atoms with E-state index in [0.717, 1.165) is 23.8 Å². The highest BCUT2D eigenvalue weighted by Crippen LogP contribution is 2.23. The first kappa shape index (κ1) is 23.2. The lowest BCUT2D eigenvalue weighted by Crippen LogP contribution is -2.38. The van der Waals surface area contributed by atoms with Gasteiger partial charge in [-0.3, -0.25) is 0 Å². The molecule has 1 aromatic carbocycles. The Morgan fingerprint density at radius 3 is 2.59 bits per heavy atom. The highest BCUT2D eigenvalue weighted by Gasteiger charge is 2.14. The van der Waals surface area contributed by atoms with E-state index in [1.165, 1.54) is 0 Å². The molecule has 0 aliphatic rings. The molecule has 0 aliphatic carbocycles. The van der Waals surface area contributed by atoms with Crippen LogP contribution in [-0.4, -0.2) is 34.8 Å². The zero-order valence-corrected chi connectivity index (χ0v) is 19.0. The van der Waals surface area contributed by atoms with E-state index < -0.39 is 0 Å². The number of aromatic nitrogens is 2. The summed E-state index contributed by atoms with van der Waals surface area (Å²) in [6, 6.07) is 7.99. The summed E-state index contributed by atoms with van der Waals surface area (Å²) in [6.45, 7) is 11.9. The molecule has 150 valence electrons. The maximum atomic E-state index is 6.03. The molecule has 8 heteroatoms. The molecule has 2 N–H and O–H groups in total. The molecule has 2 rings (SSSR count). The second-order valence-corrected chi connectivity index (χ2v) is 6.93. The third-order valence-electron chi connectivity index (χ3n) is 3.34. The van der Waals surface area contributed by atoms with Gasteiger partial charge >= 0.3 is 0 Å². The molecule has 0 atom stereocenters. The predicted molar refractivity (Wildman–Crippen MR) is 118 cm³/mol. The zero-order chi connectivity index (χ0) is 19.0. The molecular weight excluding hydrogens is 457 g/mol. The SMILES string of the molecule is CCNC(=NCc1ccccc1OC(C)(C)C)NCCc1nc(C)no1.I. The van der Waals surface area contributed by atoms with Gasteiger partial charge in [0, 0.05) is 25.1 Å². The predicted octanol–water partition coefficient (Wildman–Crippen LogP) is 3.47. The third-order valence-corrected chi connectivity index (χ3v) is 3.34. The number of halogens is 1. The van der Waals surface area contributed by atoms with Gasteiger partial charge in [-0.15, -0.1) is 24.0 Å². The maximum Gasteiger partial charge on any atom is 0.228 e. The number of hydrogen-bond donors (Lipinski definition) is 2. The highest BCUT2D eigenvalue weighted by molar-refractivity contribution is 14.0. The molecule has 1 heterocycles. The molecule has 0 bridgehead atoms. The molecule has 0 spiro atoms. The zero-order valence-electron chi connectivity index (χ0n) is 16.7. The fourth-order valence-corrected chi connectivity index (χ4v) is 2.30. The Kier molecular flexibility index (Phi) is 9.54. The van der Waals surface area contributed by atoms with Crippen molar-refractivity contribution in [2.45, 2.75) is 53.2 Å². The van der Waals surface area contributed by atoms with Crippen LogP contribution >= 0.6 is 24.0 Å². The van der Waals surface area contributed by atoms with Crippen molar-refractivity contribution in [3.05, 3.63) is 41.5 Å². The normalized spacial score (nSPS) is 11.7. The van der Waals surface area contributed by atoms with Crippen molar-refractivity contribution in [3.8, 4) is 5.75 Å². The molecule has 0 saturated carbocycles. The van der Waals surface area contributed by atoms with E-state index >= 15 is 0 Å². The van der Waals surface area contributed by atoms with E-state index in [-0.39, 0.29) is 29.6 Å². The second kappa shape index (κ2) is 11.1. The Balaban J connectivity index is 0.00000364. The monoisotopic (exact) mass is 487 g/mol. The number of nitrogens with one attached hydrogen (secondary N) is 2. The third kappa shape index (κ3) is 8.59. The molecule has 0 unspecified atom stereocenters. The van der Waals surface area contributed by atoms with Crippen LogP contribution in [0.1, 0.15) is 45.0 Å². The summed E-state index contributed by atoms with van der Waals surface area (Å²) in [5, 5.41) is 10.3. The smallest absolute Gasteiger partial charge is 0.228 e. The van der Waals surface area contributed by atoms with Crippen molar-refractivity contribution in [1.82, 2.24) is 20.8 Å². The first-order chi connectivity index (χ1) is 12.4. The summed E-state index contributed by atoms with van der Waals surface area (Å²) in [4.78, 5) is 8.86. The molecule has 1 aromatic heterocycles. The minimum absolute atomic E-state index is 0. The summed E-state index contributed by atoms with van der Waals surface area (Å²) in [5.74, 6) is 2.88. The summed E-state index contributed by atoms with van der Waals surface area (Å²) in [7, 11) is 0. The lowest BCUT2D eigenvalue weighted by Gasteiger charge is -2.23. The lowest BCUT2D eigenvalue weighted by molar-refractivity contribution is 0.129. The van der Waals surface area contributed by atoms with E-state index in [9.17, 15) is 0 Å². The molecule has 7 nitrogen and oxygen atoms in total. The van der Waals surface area contributed by atoms with Crippen molar-refractivity contribution in [2.75, 3.05) is 13.1 Å². The van der Waals surface area contributed by atoms with Gasteiger partial charge in [-0.2, -0.15) is 4.98 Å². The number of aliphatic imine (C=N–C) groups is 1. The van der Waals surface area contributed by atoms with E-state index in [2.05, 4.69) is 25.8 Å². The number of para-hydroxylation sites is 1. The summed E-state index contributed by atoms with van der Waals surface area (Å²) in [5.41, 5.74) is 0.803. The van der Waals surface area contributed by atoms with Gasteiger partial charge in [0.05, 0.1) is 6.54 Å². The molecule has 0 radical (unpaired) electrons. The van der Waals surface area contributed by atoms with Gasteiger partial charge < -0.3 is 19.9 Å². The van der Waals surface area contributed by atoms with Gasteiger partial charge in [0.25, 0.3) is 0 Å². The Labute approximate surface area is 178 Å². The van der Waals surface area contributed by atoms with E-state index in [4.69, 9.17) is 9.26 Å². The van der Waals surface area contributed by atoms with Crippen molar-refractivity contribution < 1.29 is 9.26 Å². The Bertz CT molecular complexity index is 725. The minimum Gasteiger partial charge on any atom is -0.488 e. The summed E-state index contributed by atoms with van der Waals surface area (Å²) < 4.78 is 11.1. The molecule has 0 aliphatic heterocycles. The Hall–Kier alpha value is -1.84. The number of hydrogen-bond acceptors (Lipinski definition) is 5. The minimum atomic E-state index is -0.245. The van der Waals surface area contributed by atoms with Crippen LogP contribution in [0.15, 0.2) is 33.8 Å². The standard InChI is InChI=1S/C19H29N5O2.HI/c1-6-20-18(21-12-11-17-23-14(2)24-26-17)22-13-15-9-7-8-10-16(15)25-19(3,4)5;/h7-10H,6,11-13H2,1-5H3,(H2,20,21,22);1H. The van der Waals surface area contributed by atoms with Crippen LogP contribution in [-0.2, 0) is 13.0 Å². The van der Waals surface area contributed by atoms with Crippen molar-refractivity contribution in [2.24, 2.45) is 4.99 Å². The molecule has 27 heavy (non-hydrogen) atoms. The maximum absolute atomic E-state index is 6.03. The fraction of sp³-hybridized carbons (Fsp3) is 0.526. The van der Waals surface area contributed by atoms with Gasteiger partial charge in [0.2, 0.25) is 5.89 Å². The number of ether oxygens (including phenoxy) is 1. The molecule has 2 aromatic rings. The van der Waals surface area contributed by atoms with Gasteiger partial charge in [-0.05, 0) is 40.7 Å². The summed E-state index contributed by atoms with van der Waals surface area (Å²) in [6.07, 6.45) is 0.648. The van der Waals surface area contributed by atoms with Gasteiger partial charge in [0.15, 0.2) is 11.8 Å². The van der Waals surface area contributed by atoms with Crippen LogP contribution in [0.25, 0.3) is 0 Å². The van der Waals surface area contributed by atoms with Crippen molar-refractivity contribution in [3.63, 3.8) is 0 Å². The van der Waals surface area contributed by atoms with Crippen LogP contribution in [0.4, 0.5) is 0 Å². The molecule has 0 amide bonds. The van der Waals surface area contributed by atoms with Crippen LogP contribution in [0.5, 0.6) is 5.75 Å². The fourth-order valence-electron chi connectivity index (χ4n) is 2.30. The first-order valence-corrected chi connectivity index (χ1v) is 8.95. The van der Waals surface area contributed by atoms with Gasteiger partial charge in [-0.1, -0.05) is 23.4 Å². The topological polar surface area (TPSA) is 84.6 Å². The van der Waals surface area contributed by atoms with Gasteiger partial charge in [-0.25, -0.2) is 4.99 Å². The number of nitrogens with zero attached hydrogens (tertiary/aromatic N) is 3. The summed E-state index contributed by atoms with van der Waals surface area (Å²) >= 11 is 0. The first-order valence-electron chi connectivity index (χ1n) is 8.95. The van der Waals surface area contributed by atoms with Crippen LogP contribution < -0.4 is 15.4 Å². The Morgan fingerprint density at radius 1 is 1.22 bits per heavy atom. The van der Waals surface area contributed by atoms with E-state index in [0.29, 0.717) is 31.2 Å². The van der Waals surface area contributed by atoms with Crippen LogP contribution in [0.3, 0.4) is 0 Å². The number of aryl methyl sites for hydroxylation is 1. The van der Waals surface area contributed by atoms with E-state index in [1.807, 2.05) is 58.9 Å². The van der Waals surface area contributed by atoms with Crippen molar-refractivity contribution >= 4 is 29.9 Å². The number of guanidine groups is 1. The lowest BCUT2D eigenvalue weighted by atomic mass is 10.1. The average Bonchev–Trinajstić information content (AvgIpc) is 2.98. The second-order valence-electron chi connectivity index (χ2n) is 6.93. The largest absolute Gasteiger partial charge is 0.488 e. The van der Waals surface area contributed by atoms with Crippen molar-refractivity contribution in [1.29, 1.82) is 0 Å². The number of rotatable bonds is 7. The van der Waals surface area contributed by atoms with Crippen LogP contribution in [0, 0.1) is 6.92 Å². The van der Waals surface area contributed by atoms with Crippen LogP contribution in [0.2, 0.25) is 0 Å². The quantitative estimate of drug-likeness (QED) is 0.354. The average molecular weight is 487 g/mol. The number of benzene rings is 1. The molecule has 0 fully saturated rings. The highest BCUT2D eigenvalue weighted by atomic mass is 127. The van der Waals surface area contributed by atoms with E-state index in [1.54, 1.807) is 0 Å².